The fourth-order valence-electron chi connectivity index (χ4n) is 0.316. The van der Waals surface area contributed by atoms with Crippen molar-refractivity contribution in [3.8, 4) is 0 Å². The summed E-state index contributed by atoms with van der Waals surface area (Å²) in [5.74, 6) is 0.843. The van der Waals surface area contributed by atoms with Crippen molar-refractivity contribution in [2.75, 3.05) is 0 Å². The van der Waals surface area contributed by atoms with Crippen molar-refractivity contribution < 1.29 is 19.5 Å². The van der Waals surface area contributed by atoms with Crippen molar-refractivity contribution in [2.24, 2.45) is 0 Å². The number of aryl methyl sites for hydroxylation is 1. The van der Waals surface area contributed by atoms with Crippen LogP contribution in [0.4, 0.5) is 0 Å². The Labute approximate surface area is 55.1 Å². The third kappa shape index (κ3) is 1.84. The van der Waals surface area contributed by atoms with Crippen molar-refractivity contribution >= 4 is 0 Å². The molecule has 0 atom stereocenters. The minimum absolute atomic E-state index is 0. The second-order valence-electron chi connectivity index (χ2n) is 1.10. The largest absolute Gasteiger partial charge is 0.447 e. The number of nitrogens with zero attached hydrogens (tertiary/aromatic N) is 2. The molecule has 1 heterocycles. The van der Waals surface area contributed by atoms with E-state index in [9.17, 15) is 0 Å². The van der Waals surface area contributed by atoms with Gasteiger partial charge in [-0.25, -0.2) is 0 Å². The summed E-state index contributed by atoms with van der Waals surface area (Å²) in [5, 5.41) is 0. The normalized spacial score (nSPS) is 7.57. The Bertz CT molecular complexity index is 113. The zero-order valence-electron chi connectivity index (χ0n) is 4.26. The average Bonchev–Trinajstić information content (AvgIpc) is 1.86. The van der Waals surface area contributed by atoms with Crippen LogP contribution in [0.25, 0.3) is 0 Å². The van der Waals surface area contributed by atoms with Gasteiger partial charge in [-0.3, -0.25) is 0 Å². The van der Waals surface area contributed by atoms with Crippen LogP contribution < -0.4 is 4.98 Å². The van der Waals surface area contributed by atoms with Crippen LogP contribution in [-0.2, 0) is 19.5 Å². The van der Waals surface area contributed by atoms with E-state index in [-0.39, 0.29) is 19.5 Å². The average molecular weight is 146 g/mol. The molecule has 0 bridgehead atoms. The molecule has 0 fully saturated rings. The number of hydrogen-bond donors (Lipinski definition) is 0. The van der Waals surface area contributed by atoms with Gasteiger partial charge in [0.05, 0.1) is 0 Å². The van der Waals surface area contributed by atoms with Crippen LogP contribution >= 0.6 is 0 Å². The SMILES string of the molecule is Cc1ncc[n-]1.[Zn]. The molecule has 0 N–H and O–H groups in total. The molecule has 0 aliphatic carbocycles. The Morgan fingerprint density at radius 1 is 1.71 bits per heavy atom. The molecule has 7 heavy (non-hydrogen) atoms. The minimum Gasteiger partial charge on any atom is -0.447 e. The molecule has 1 aromatic heterocycles. The standard InChI is InChI=1S/C4H5N2.Zn/c1-4-5-2-3-6-4;/h2-3H,1H3;/q-1;. The molecule has 0 radical (unpaired) electrons. The second-order valence-corrected chi connectivity index (χ2v) is 1.10. The van der Waals surface area contributed by atoms with E-state index >= 15 is 0 Å². The van der Waals surface area contributed by atoms with Crippen LogP contribution in [0.1, 0.15) is 5.82 Å². The van der Waals surface area contributed by atoms with E-state index < -0.39 is 0 Å². The molecule has 1 rings (SSSR count). The number of imidazole rings is 1. The van der Waals surface area contributed by atoms with Gasteiger partial charge < -0.3 is 9.97 Å². The maximum Gasteiger partial charge on any atom is 0 e. The second kappa shape index (κ2) is 2.92. The van der Waals surface area contributed by atoms with E-state index in [1.165, 1.54) is 0 Å². The molecule has 0 aliphatic heterocycles. The van der Waals surface area contributed by atoms with Crippen LogP contribution in [-0.4, -0.2) is 4.98 Å². The molecule has 2 nitrogen and oxygen atoms in total. The first-order chi connectivity index (χ1) is 2.89. The summed E-state index contributed by atoms with van der Waals surface area (Å²) in [6.07, 6.45) is 3.35. The molecular formula is C4H5N2Zn-. The van der Waals surface area contributed by atoms with E-state index in [0.29, 0.717) is 0 Å². The molecule has 0 aliphatic rings. The van der Waals surface area contributed by atoms with E-state index in [1.807, 2.05) is 6.92 Å². The Kier molecular flexibility index (Phi) is 2.85. The first-order valence-corrected chi connectivity index (χ1v) is 1.80. The third-order valence-electron chi connectivity index (χ3n) is 0.589. The van der Waals surface area contributed by atoms with E-state index in [1.54, 1.807) is 12.4 Å². The van der Waals surface area contributed by atoms with Gasteiger partial charge in [0.2, 0.25) is 0 Å². The van der Waals surface area contributed by atoms with Crippen molar-refractivity contribution in [3.63, 3.8) is 0 Å². The number of aromatic nitrogens is 2. The molecule has 0 aromatic carbocycles. The minimum atomic E-state index is 0. The van der Waals surface area contributed by atoms with Crippen molar-refractivity contribution in [1.29, 1.82) is 0 Å². The Morgan fingerprint density at radius 3 is 2.57 bits per heavy atom. The summed E-state index contributed by atoms with van der Waals surface area (Å²) in [7, 11) is 0. The summed E-state index contributed by atoms with van der Waals surface area (Å²) >= 11 is 0. The van der Waals surface area contributed by atoms with E-state index in [2.05, 4.69) is 9.97 Å². The molecule has 1 aromatic rings. The van der Waals surface area contributed by atoms with Crippen molar-refractivity contribution in [2.45, 2.75) is 6.92 Å². The third-order valence-corrected chi connectivity index (χ3v) is 0.589. The molecule has 0 unspecified atom stereocenters. The zero-order valence-corrected chi connectivity index (χ0v) is 7.22. The smallest absolute Gasteiger partial charge is 0 e. The Balaban J connectivity index is 0.000000360. The predicted octanol–water partition coefficient (Wildman–Crippen LogP) is 0.345. The van der Waals surface area contributed by atoms with Gasteiger partial charge in [-0.1, -0.05) is 18.2 Å². The van der Waals surface area contributed by atoms with Crippen LogP contribution in [0.2, 0.25) is 0 Å². The van der Waals surface area contributed by atoms with Crippen molar-refractivity contribution in [3.05, 3.63) is 18.2 Å². The number of hydrogen-bond acceptors (Lipinski definition) is 1. The molecule has 0 saturated carbocycles. The molecule has 0 spiro atoms. The van der Waals surface area contributed by atoms with Gasteiger partial charge in [-0.15, -0.1) is 0 Å². The molecule has 34 valence electrons. The topological polar surface area (TPSA) is 27.0 Å². The first-order valence-electron chi connectivity index (χ1n) is 1.80. The van der Waals surface area contributed by atoms with Crippen LogP contribution in [0.3, 0.4) is 0 Å². The van der Waals surface area contributed by atoms with Crippen molar-refractivity contribution in [1.82, 2.24) is 9.97 Å². The van der Waals surface area contributed by atoms with Crippen LogP contribution in [0.5, 0.6) is 0 Å². The summed E-state index contributed by atoms with van der Waals surface area (Å²) in [4.78, 5) is 7.61. The van der Waals surface area contributed by atoms with Gasteiger partial charge in [0.1, 0.15) is 0 Å². The quantitative estimate of drug-likeness (QED) is 0.494. The summed E-state index contributed by atoms with van der Waals surface area (Å²) in [5.41, 5.74) is 0. The molecule has 0 saturated heterocycles. The van der Waals surface area contributed by atoms with Gasteiger partial charge in [-0.05, 0) is 6.92 Å². The maximum atomic E-state index is 3.81. The van der Waals surface area contributed by atoms with Gasteiger partial charge in [-0.2, -0.15) is 0 Å². The fourth-order valence-corrected chi connectivity index (χ4v) is 0.316. The van der Waals surface area contributed by atoms with E-state index in [0.717, 1.165) is 5.82 Å². The number of rotatable bonds is 0. The van der Waals surface area contributed by atoms with Gasteiger partial charge >= 0.3 is 0 Å². The molecule has 0 amide bonds. The predicted molar refractivity (Wildman–Crippen MR) is 22.3 cm³/mol. The summed E-state index contributed by atoms with van der Waals surface area (Å²) in [6.45, 7) is 1.86. The molecular weight excluding hydrogens is 141 g/mol. The summed E-state index contributed by atoms with van der Waals surface area (Å²) < 4.78 is 0. The van der Waals surface area contributed by atoms with Crippen LogP contribution in [0.15, 0.2) is 12.4 Å². The Hall–Kier alpha value is -0.167. The fraction of sp³-hybridized carbons (Fsp3) is 0.250. The maximum absolute atomic E-state index is 3.81. The van der Waals surface area contributed by atoms with E-state index in [4.69, 9.17) is 0 Å². The molecule has 3 heteroatoms. The van der Waals surface area contributed by atoms with Crippen LogP contribution in [0, 0.1) is 6.92 Å². The van der Waals surface area contributed by atoms with Gasteiger partial charge in [0.25, 0.3) is 0 Å². The van der Waals surface area contributed by atoms with Gasteiger partial charge in [0, 0.05) is 19.5 Å². The Morgan fingerprint density at radius 2 is 2.43 bits per heavy atom. The summed E-state index contributed by atoms with van der Waals surface area (Å²) in [6, 6.07) is 0. The monoisotopic (exact) mass is 145 g/mol. The first kappa shape index (κ1) is 6.83. The van der Waals surface area contributed by atoms with Gasteiger partial charge in [0.15, 0.2) is 0 Å². The zero-order chi connectivity index (χ0) is 4.41.